The van der Waals surface area contributed by atoms with Crippen molar-refractivity contribution in [1.29, 1.82) is 0 Å². The van der Waals surface area contributed by atoms with Crippen LogP contribution in [0.2, 0.25) is 0 Å². The fourth-order valence-electron chi connectivity index (χ4n) is 8.97. The Labute approximate surface area is 316 Å². The van der Waals surface area contributed by atoms with Gasteiger partial charge in [-0.25, -0.2) is 9.97 Å². The molecule has 4 nitrogen and oxygen atoms in total. The molecule has 256 valence electrons. The van der Waals surface area contributed by atoms with E-state index in [1.165, 1.54) is 60.9 Å². The SMILES string of the molecule is c1ccc(-c2nc(-c3cccc4c3-c3cccc(-n5c6ccccc6c6cc(-c7ccc8oc9ccccc9c8c7)ccc65)c3C4)c3ccccc3n2)cc1. The Morgan fingerprint density at radius 2 is 1.15 bits per heavy atom. The van der Waals surface area contributed by atoms with Crippen LogP contribution in [0.25, 0.3) is 105 Å². The molecule has 0 N–H and O–H groups in total. The number of para-hydroxylation sites is 3. The van der Waals surface area contributed by atoms with Gasteiger partial charge in [0.15, 0.2) is 5.82 Å². The maximum absolute atomic E-state index is 6.15. The van der Waals surface area contributed by atoms with Crippen molar-refractivity contribution >= 4 is 54.6 Å². The van der Waals surface area contributed by atoms with Crippen LogP contribution in [0.3, 0.4) is 0 Å². The first-order valence-corrected chi connectivity index (χ1v) is 18.8. The van der Waals surface area contributed by atoms with Crippen molar-refractivity contribution in [2.75, 3.05) is 0 Å². The molecular formula is C51H31N3O. The smallest absolute Gasteiger partial charge is 0.160 e. The van der Waals surface area contributed by atoms with Crippen LogP contribution in [0.1, 0.15) is 11.1 Å². The van der Waals surface area contributed by atoms with E-state index in [2.05, 4.69) is 150 Å². The van der Waals surface area contributed by atoms with E-state index in [1.807, 2.05) is 30.3 Å². The molecule has 12 rings (SSSR count). The molecule has 8 aromatic carbocycles. The highest BCUT2D eigenvalue weighted by atomic mass is 16.3. The maximum atomic E-state index is 6.15. The second-order valence-corrected chi connectivity index (χ2v) is 14.5. The van der Waals surface area contributed by atoms with E-state index < -0.39 is 0 Å². The van der Waals surface area contributed by atoms with E-state index in [-0.39, 0.29) is 0 Å². The topological polar surface area (TPSA) is 43.9 Å². The van der Waals surface area contributed by atoms with Crippen molar-refractivity contribution in [1.82, 2.24) is 14.5 Å². The number of fused-ring (bicyclic) bond motifs is 10. The van der Waals surface area contributed by atoms with Gasteiger partial charge in [-0.2, -0.15) is 0 Å². The first kappa shape index (κ1) is 30.2. The van der Waals surface area contributed by atoms with Crippen LogP contribution < -0.4 is 0 Å². The van der Waals surface area contributed by atoms with Gasteiger partial charge >= 0.3 is 0 Å². The molecule has 0 atom stereocenters. The lowest BCUT2D eigenvalue weighted by atomic mass is 9.95. The number of rotatable bonds is 4. The minimum absolute atomic E-state index is 0.738. The van der Waals surface area contributed by atoms with Gasteiger partial charge in [0, 0.05) is 44.5 Å². The van der Waals surface area contributed by atoms with Gasteiger partial charge in [0.25, 0.3) is 0 Å². The van der Waals surface area contributed by atoms with Crippen LogP contribution in [0.15, 0.2) is 180 Å². The van der Waals surface area contributed by atoms with Gasteiger partial charge in [-0.05, 0) is 81.9 Å². The first-order chi connectivity index (χ1) is 27.3. The molecule has 1 aliphatic rings. The summed E-state index contributed by atoms with van der Waals surface area (Å²) in [7, 11) is 0. The van der Waals surface area contributed by atoms with Crippen LogP contribution >= 0.6 is 0 Å². The number of hydrogen-bond donors (Lipinski definition) is 0. The fraction of sp³-hybridized carbons (Fsp3) is 0.0196. The number of nitrogens with zero attached hydrogens (tertiary/aromatic N) is 3. The molecule has 0 bridgehead atoms. The van der Waals surface area contributed by atoms with E-state index in [4.69, 9.17) is 14.4 Å². The second kappa shape index (κ2) is 11.6. The Balaban J connectivity index is 1.04. The van der Waals surface area contributed by atoms with Crippen LogP contribution in [0.4, 0.5) is 0 Å². The third-order valence-corrected chi connectivity index (χ3v) is 11.5. The van der Waals surface area contributed by atoms with Crippen molar-refractivity contribution < 1.29 is 4.42 Å². The van der Waals surface area contributed by atoms with E-state index in [0.29, 0.717) is 0 Å². The Morgan fingerprint density at radius 1 is 0.455 bits per heavy atom. The molecule has 0 spiro atoms. The molecule has 55 heavy (non-hydrogen) atoms. The van der Waals surface area contributed by atoms with Crippen LogP contribution in [0, 0.1) is 0 Å². The molecule has 0 unspecified atom stereocenters. The molecule has 3 aromatic heterocycles. The molecule has 4 heteroatoms. The summed E-state index contributed by atoms with van der Waals surface area (Å²) in [5, 5.41) is 5.81. The van der Waals surface area contributed by atoms with E-state index in [9.17, 15) is 0 Å². The van der Waals surface area contributed by atoms with E-state index in [0.717, 1.165) is 61.9 Å². The third kappa shape index (κ3) is 4.52. The molecule has 1 aliphatic carbocycles. The number of furan rings is 1. The van der Waals surface area contributed by atoms with Crippen molar-refractivity contribution in [3.63, 3.8) is 0 Å². The monoisotopic (exact) mass is 701 g/mol. The lowest BCUT2D eigenvalue weighted by Gasteiger charge is -2.15. The van der Waals surface area contributed by atoms with Gasteiger partial charge in [0.05, 0.1) is 27.9 Å². The van der Waals surface area contributed by atoms with Crippen molar-refractivity contribution in [2.45, 2.75) is 6.42 Å². The molecule has 0 saturated heterocycles. The second-order valence-electron chi connectivity index (χ2n) is 14.5. The predicted molar refractivity (Wildman–Crippen MR) is 226 cm³/mol. The average molecular weight is 702 g/mol. The lowest BCUT2D eigenvalue weighted by molar-refractivity contribution is 0.669. The Hall–Kier alpha value is -7.30. The van der Waals surface area contributed by atoms with Crippen molar-refractivity contribution in [3.05, 3.63) is 187 Å². The summed E-state index contributed by atoms with van der Waals surface area (Å²) < 4.78 is 8.62. The van der Waals surface area contributed by atoms with Crippen LogP contribution in [-0.4, -0.2) is 14.5 Å². The summed E-state index contributed by atoms with van der Waals surface area (Å²) >= 11 is 0. The van der Waals surface area contributed by atoms with Gasteiger partial charge in [-0.15, -0.1) is 0 Å². The highest BCUT2D eigenvalue weighted by Gasteiger charge is 2.27. The zero-order chi connectivity index (χ0) is 36.0. The highest BCUT2D eigenvalue weighted by molar-refractivity contribution is 6.12. The quantitative estimate of drug-likeness (QED) is 0.183. The minimum Gasteiger partial charge on any atom is -0.456 e. The molecule has 0 saturated carbocycles. The Kier molecular flexibility index (Phi) is 6.37. The van der Waals surface area contributed by atoms with Gasteiger partial charge in [-0.1, -0.05) is 127 Å². The van der Waals surface area contributed by atoms with Crippen molar-refractivity contribution in [3.8, 4) is 50.6 Å². The lowest BCUT2D eigenvalue weighted by Crippen LogP contribution is -1.99. The Bertz CT molecular complexity index is 3350. The van der Waals surface area contributed by atoms with E-state index in [1.54, 1.807) is 0 Å². The van der Waals surface area contributed by atoms with Gasteiger partial charge in [-0.3, -0.25) is 0 Å². The first-order valence-electron chi connectivity index (χ1n) is 18.8. The molecule has 11 aromatic rings. The Morgan fingerprint density at radius 3 is 2.05 bits per heavy atom. The fourth-order valence-corrected chi connectivity index (χ4v) is 8.97. The van der Waals surface area contributed by atoms with Gasteiger partial charge in [0.1, 0.15) is 11.2 Å². The zero-order valence-corrected chi connectivity index (χ0v) is 29.7. The minimum atomic E-state index is 0.738. The number of hydrogen-bond acceptors (Lipinski definition) is 3. The molecule has 0 aliphatic heterocycles. The van der Waals surface area contributed by atoms with Crippen molar-refractivity contribution in [2.24, 2.45) is 0 Å². The molecular weight excluding hydrogens is 671 g/mol. The normalized spacial score (nSPS) is 12.3. The summed E-state index contributed by atoms with van der Waals surface area (Å²) in [6, 6.07) is 62.7. The maximum Gasteiger partial charge on any atom is 0.160 e. The molecule has 3 heterocycles. The largest absolute Gasteiger partial charge is 0.456 e. The molecule has 0 fully saturated rings. The average Bonchev–Trinajstić information content (AvgIpc) is 3.93. The van der Waals surface area contributed by atoms with Crippen LogP contribution in [-0.2, 0) is 6.42 Å². The number of aromatic nitrogens is 3. The van der Waals surface area contributed by atoms with Gasteiger partial charge < -0.3 is 8.98 Å². The summed E-state index contributed by atoms with van der Waals surface area (Å²) in [6.45, 7) is 0. The molecule has 0 amide bonds. The standard InChI is InChI=1S/C51H31N3O/c1-2-12-31(13-3-1)51-52-43-20-7-4-17-38(43)50(53-51)39-19-10-14-34-30-41-37(49(34)39)18-11-22-45(41)54-44-21-8-5-15-35(44)40-28-32(24-26-46(40)54)33-25-27-48-42(29-33)36-16-6-9-23-47(36)55-48/h1-29H,30H2. The van der Waals surface area contributed by atoms with Crippen LogP contribution in [0.5, 0.6) is 0 Å². The number of benzene rings is 8. The zero-order valence-electron chi connectivity index (χ0n) is 29.7. The summed E-state index contributed by atoms with van der Waals surface area (Å²) in [4.78, 5) is 10.3. The van der Waals surface area contributed by atoms with Gasteiger partial charge in [0.2, 0.25) is 0 Å². The molecule has 0 radical (unpaired) electrons. The van der Waals surface area contributed by atoms with E-state index >= 15 is 0 Å². The summed E-state index contributed by atoms with van der Waals surface area (Å²) in [5.41, 5.74) is 17.0. The highest BCUT2D eigenvalue weighted by Crippen LogP contribution is 2.47. The predicted octanol–water partition coefficient (Wildman–Crippen LogP) is 13.2. The third-order valence-electron chi connectivity index (χ3n) is 11.5. The summed E-state index contributed by atoms with van der Waals surface area (Å²) in [6.07, 6.45) is 0.841. The summed E-state index contributed by atoms with van der Waals surface area (Å²) in [5.74, 6) is 0.738.